The lowest BCUT2D eigenvalue weighted by Crippen LogP contribution is -2.75. The number of benzene rings is 1. The highest BCUT2D eigenvalue weighted by Crippen LogP contribution is 2.60. The number of para-hydroxylation sites is 1. The maximum absolute atomic E-state index is 13.5. The molecule has 4 bridgehead atoms. The van der Waals surface area contributed by atoms with Crippen LogP contribution in [0.2, 0.25) is 0 Å². The number of Topliss-reactive ketones (excluding diaryl/α,β-unsaturated/α-hetero) is 1. The molecule has 1 aromatic carbocycles. The standard InChI is InChI=1S/C19H24N2O2/c1-11-13-7-9-21-10-8-18(16(11)22)14-5-3-4-6-15(14)20-12(2)19(13,23)17(18)21/h3-6,11-13,17,20,23H,7-10H2,1-2H3/t11-,12+,13+,17-,18+,19+/m0/s1. The van der Waals surface area contributed by atoms with Crippen LogP contribution in [-0.2, 0) is 10.2 Å². The van der Waals surface area contributed by atoms with Crippen LogP contribution in [0, 0.1) is 11.8 Å². The molecule has 3 aliphatic heterocycles. The molecule has 0 aromatic heterocycles. The molecule has 1 aromatic rings. The number of rotatable bonds is 0. The van der Waals surface area contributed by atoms with Gasteiger partial charge in [-0.05, 0) is 44.5 Å². The van der Waals surface area contributed by atoms with Gasteiger partial charge in [-0.3, -0.25) is 9.69 Å². The van der Waals surface area contributed by atoms with Crippen LogP contribution in [0.5, 0.6) is 0 Å². The highest BCUT2D eigenvalue weighted by molar-refractivity contribution is 5.97. The fourth-order valence-corrected chi connectivity index (χ4v) is 6.38. The topological polar surface area (TPSA) is 52.6 Å². The Kier molecular flexibility index (Phi) is 2.54. The summed E-state index contributed by atoms with van der Waals surface area (Å²) in [5, 5.41) is 15.5. The Bertz CT molecular complexity index is 704. The zero-order chi connectivity index (χ0) is 16.0. The maximum atomic E-state index is 13.5. The summed E-state index contributed by atoms with van der Waals surface area (Å²) in [5.41, 5.74) is 0.749. The van der Waals surface area contributed by atoms with Gasteiger partial charge in [0.1, 0.15) is 11.4 Å². The average molecular weight is 312 g/mol. The fourth-order valence-electron chi connectivity index (χ4n) is 6.38. The van der Waals surface area contributed by atoms with E-state index in [4.69, 9.17) is 0 Å². The number of hydrogen-bond donors (Lipinski definition) is 2. The van der Waals surface area contributed by atoms with E-state index in [0.29, 0.717) is 5.78 Å². The Labute approximate surface area is 136 Å². The zero-order valence-corrected chi connectivity index (χ0v) is 13.7. The third-order valence-electron chi connectivity index (χ3n) is 7.31. The number of fused-ring (bicyclic) bond motifs is 1. The predicted octanol–water partition coefficient (Wildman–Crippen LogP) is 1.78. The van der Waals surface area contributed by atoms with Crippen LogP contribution in [0.3, 0.4) is 0 Å². The van der Waals surface area contributed by atoms with Gasteiger partial charge in [-0.1, -0.05) is 25.1 Å². The van der Waals surface area contributed by atoms with E-state index >= 15 is 0 Å². The van der Waals surface area contributed by atoms with E-state index in [1.165, 1.54) is 0 Å². The third kappa shape index (κ3) is 1.35. The molecule has 0 spiro atoms. The van der Waals surface area contributed by atoms with Crippen molar-refractivity contribution in [1.29, 1.82) is 0 Å². The summed E-state index contributed by atoms with van der Waals surface area (Å²) in [6.45, 7) is 6.06. The zero-order valence-electron chi connectivity index (χ0n) is 13.7. The van der Waals surface area contributed by atoms with Crippen LogP contribution in [-0.4, -0.2) is 46.6 Å². The van der Waals surface area contributed by atoms with Crippen molar-refractivity contribution >= 4 is 11.5 Å². The number of nitrogens with one attached hydrogen (secondary N) is 1. The minimum atomic E-state index is -0.846. The third-order valence-corrected chi connectivity index (χ3v) is 7.31. The second kappa shape index (κ2) is 4.17. The van der Waals surface area contributed by atoms with Gasteiger partial charge in [0.25, 0.3) is 0 Å². The van der Waals surface area contributed by atoms with Crippen LogP contribution >= 0.6 is 0 Å². The SMILES string of the molecule is C[C@@H]1C(=O)[C@]23CCN4CC[C@H]1[C@@](O)([C@@H]42)[C@@H](C)Nc1ccccc13. The Morgan fingerprint density at radius 3 is 2.87 bits per heavy atom. The van der Waals surface area contributed by atoms with Crippen LogP contribution in [0.15, 0.2) is 24.3 Å². The van der Waals surface area contributed by atoms with Crippen molar-refractivity contribution in [3.8, 4) is 0 Å². The number of carbonyl (C=O) groups excluding carboxylic acids is 1. The molecular formula is C19H24N2O2. The molecule has 0 amide bonds. The number of piperidine rings is 1. The number of anilines is 1. The summed E-state index contributed by atoms with van der Waals surface area (Å²) < 4.78 is 0. The second-order valence-electron chi connectivity index (χ2n) is 8.01. The fraction of sp³-hybridized carbons (Fsp3) is 0.632. The molecule has 1 saturated carbocycles. The van der Waals surface area contributed by atoms with Crippen molar-refractivity contribution in [3.05, 3.63) is 29.8 Å². The number of ketones is 1. The van der Waals surface area contributed by atoms with E-state index < -0.39 is 11.0 Å². The Morgan fingerprint density at radius 1 is 1.26 bits per heavy atom. The average Bonchev–Trinajstić information content (AvgIpc) is 2.93. The van der Waals surface area contributed by atoms with Crippen LogP contribution < -0.4 is 5.32 Å². The first-order valence-electron chi connectivity index (χ1n) is 8.88. The first kappa shape index (κ1) is 14.0. The first-order valence-corrected chi connectivity index (χ1v) is 8.88. The number of hydrogen-bond acceptors (Lipinski definition) is 4. The van der Waals surface area contributed by atoms with Gasteiger partial charge in [-0.25, -0.2) is 0 Å². The van der Waals surface area contributed by atoms with Crippen molar-refractivity contribution in [2.24, 2.45) is 11.8 Å². The minimum Gasteiger partial charge on any atom is -0.386 e. The highest BCUT2D eigenvalue weighted by atomic mass is 16.3. The van der Waals surface area contributed by atoms with Gasteiger partial charge < -0.3 is 10.4 Å². The predicted molar refractivity (Wildman–Crippen MR) is 88.4 cm³/mol. The molecule has 4 heteroatoms. The maximum Gasteiger partial charge on any atom is 0.148 e. The molecule has 122 valence electrons. The van der Waals surface area contributed by atoms with Gasteiger partial charge in [0.2, 0.25) is 0 Å². The molecule has 3 fully saturated rings. The molecule has 0 unspecified atom stereocenters. The molecule has 3 heterocycles. The van der Waals surface area contributed by atoms with Gasteiger partial charge in [-0.2, -0.15) is 0 Å². The lowest BCUT2D eigenvalue weighted by molar-refractivity contribution is -0.181. The molecule has 2 N–H and O–H groups in total. The van der Waals surface area contributed by atoms with E-state index in [1.807, 2.05) is 19.1 Å². The first-order chi connectivity index (χ1) is 11.0. The summed E-state index contributed by atoms with van der Waals surface area (Å²) in [5.74, 6) is 0.328. The molecule has 4 aliphatic rings. The van der Waals surface area contributed by atoms with Gasteiger partial charge in [0.15, 0.2) is 0 Å². The monoisotopic (exact) mass is 312 g/mol. The Balaban J connectivity index is 1.87. The second-order valence-corrected chi connectivity index (χ2v) is 8.01. The van der Waals surface area contributed by atoms with Crippen molar-refractivity contribution < 1.29 is 9.90 Å². The quantitative estimate of drug-likeness (QED) is 0.767. The van der Waals surface area contributed by atoms with Gasteiger partial charge in [0, 0.05) is 17.5 Å². The molecule has 6 atom stereocenters. The molecule has 1 aliphatic carbocycles. The largest absolute Gasteiger partial charge is 0.386 e. The lowest BCUT2D eigenvalue weighted by Gasteiger charge is -2.60. The van der Waals surface area contributed by atoms with Crippen molar-refractivity contribution in [2.45, 2.75) is 49.8 Å². The van der Waals surface area contributed by atoms with E-state index in [-0.39, 0.29) is 23.9 Å². The van der Waals surface area contributed by atoms with Crippen molar-refractivity contribution in [1.82, 2.24) is 4.90 Å². The van der Waals surface area contributed by atoms with Crippen molar-refractivity contribution in [3.63, 3.8) is 0 Å². The molecule has 5 rings (SSSR count). The molecule has 2 saturated heterocycles. The normalized spacial score (nSPS) is 47.7. The minimum absolute atomic E-state index is 0.0549. The summed E-state index contributed by atoms with van der Waals surface area (Å²) in [4.78, 5) is 15.9. The van der Waals surface area contributed by atoms with Crippen LogP contribution in [0.4, 0.5) is 5.69 Å². The van der Waals surface area contributed by atoms with E-state index in [1.54, 1.807) is 0 Å². The van der Waals surface area contributed by atoms with Crippen molar-refractivity contribution in [2.75, 3.05) is 18.4 Å². The smallest absolute Gasteiger partial charge is 0.148 e. The number of carbonyl (C=O) groups is 1. The summed E-state index contributed by atoms with van der Waals surface area (Å²) >= 11 is 0. The summed E-state index contributed by atoms with van der Waals surface area (Å²) in [6, 6.07) is 8.07. The lowest BCUT2D eigenvalue weighted by atomic mass is 9.50. The summed E-state index contributed by atoms with van der Waals surface area (Å²) in [6.07, 6.45) is 1.75. The number of nitrogens with zero attached hydrogens (tertiary/aromatic N) is 1. The Hall–Kier alpha value is -1.39. The summed E-state index contributed by atoms with van der Waals surface area (Å²) in [7, 11) is 0. The van der Waals surface area contributed by atoms with E-state index in [2.05, 4.69) is 29.3 Å². The highest BCUT2D eigenvalue weighted by Gasteiger charge is 2.72. The van der Waals surface area contributed by atoms with E-state index in [9.17, 15) is 9.90 Å². The van der Waals surface area contributed by atoms with Crippen LogP contribution in [0.1, 0.15) is 32.3 Å². The molecule has 4 nitrogen and oxygen atoms in total. The van der Waals surface area contributed by atoms with Crippen LogP contribution in [0.25, 0.3) is 0 Å². The number of aliphatic hydroxyl groups is 1. The molecule has 23 heavy (non-hydrogen) atoms. The van der Waals surface area contributed by atoms with Gasteiger partial charge >= 0.3 is 0 Å². The van der Waals surface area contributed by atoms with E-state index in [0.717, 1.165) is 37.2 Å². The van der Waals surface area contributed by atoms with Gasteiger partial charge in [0.05, 0.1) is 17.5 Å². The molecule has 0 radical (unpaired) electrons. The van der Waals surface area contributed by atoms with Gasteiger partial charge in [-0.15, -0.1) is 0 Å². The molecular weight excluding hydrogens is 288 g/mol. The Morgan fingerprint density at radius 2 is 2.04 bits per heavy atom.